The van der Waals surface area contributed by atoms with Crippen LogP contribution < -0.4 is 0 Å². The van der Waals surface area contributed by atoms with Gasteiger partial charge in [0.2, 0.25) is 0 Å². The summed E-state index contributed by atoms with van der Waals surface area (Å²) in [7, 11) is 0. The quantitative estimate of drug-likeness (QED) is 0.796. The highest BCUT2D eigenvalue weighted by molar-refractivity contribution is 5.24. The molecule has 0 amide bonds. The molecule has 136 valence electrons. The first-order valence-corrected chi connectivity index (χ1v) is 9.35. The van der Waals surface area contributed by atoms with Crippen LogP contribution in [-0.2, 0) is 11.3 Å². The first-order chi connectivity index (χ1) is 12.1. The third-order valence-corrected chi connectivity index (χ3v) is 4.53. The summed E-state index contributed by atoms with van der Waals surface area (Å²) in [6, 6.07) is 13.1. The predicted molar refractivity (Wildman–Crippen MR) is 105 cm³/mol. The summed E-state index contributed by atoms with van der Waals surface area (Å²) in [5, 5.41) is 0. The zero-order valence-corrected chi connectivity index (χ0v) is 16.1. The van der Waals surface area contributed by atoms with Gasteiger partial charge in [0.05, 0.1) is 13.2 Å². The molecule has 0 unspecified atom stereocenters. The SMILES string of the molecule is CC(C)c1ccc(CN2CCOCC2)cc1.CC(C)c1ccncc1. The molecule has 25 heavy (non-hydrogen) atoms. The summed E-state index contributed by atoms with van der Waals surface area (Å²) in [4.78, 5) is 6.38. The highest BCUT2D eigenvalue weighted by Crippen LogP contribution is 2.16. The van der Waals surface area contributed by atoms with Gasteiger partial charge in [-0.25, -0.2) is 0 Å². The lowest BCUT2D eigenvalue weighted by Crippen LogP contribution is -2.35. The second kappa shape index (κ2) is 10.3. The summed E-state index contributed by atoms with van der Waals surface area (Å²) in [5.41, 5.74) is 4.18. The summed E-state index contributed by atoms with van der Waals surface area (Å²) in [6.07, 6.45) is 3.66. The molecule has 3 nitrogen and oxygen atoms in total. The molecular formula is C22H32N2O. The first kappa shape index (κ1) is 19.6. The van der Waals surface area contributed by atoms with Gasteiger partial charge in [-0.15, -0.1) is 0 Å². The Morgan fingerprint density at radius 2 is 1.36 bits per heavy atom. The highest BCUT2D eigenvalue weighted by Gasteiger charge is 2.10. The Morgan fingerprint density at radius 3 is 1.84 bits per heavy atom. The van der Waals surface area contributed by atoms with E-state index in [1.165, 1.54) is 16.7 Å². The van der Waals surface area contributed by atoms with E-state index in [1.54, 1.807) is 0 Å². The topological polar surface area (TPSA) is 25.4 Å². The number of morpholine rings is 1. The predicted octanol–water partition coefficient (Wildman–Crippen LogP) is 4.85. The normalized spacial score (nSPS) is 15.1. The molecule has 1 aliphatic heterocycles. The van der Waals surface area contributed by atoms with Gasteiger partial charge in [-0.3, -0.25) is 9.88 Å². The van der Waals surface area contributed by atoms with Crippen molar-refractivity contribution >= 4 is 0 Å². The van der Waals surface area contributed by atoms with Crippen molar-refractivity contribution < 1.29 is 4.74 Å². The van der Waals surface area contributed by atoms with Crippen LogP contribution in [0.25, 0.3) is 0 Å². The maximum absolute atomic E-state index is 5.35. The number of benzene rings is 1. The summed E-state index contributed by atoms with van der Waals surface area (Å²) in [5.74, 6) is 1.24. The number of pyridine rings is 1. The average Bonchev–Trinajstić information content (AvgIpc) is 2.64. The van der Waals surface area contributed by atoms with Crippen LogP contribution in [0.3, 0.4) is 0 Å². The van der Waals surface area contributed by atoms with Crippen LogP contribution in [0, 0.1) is 0 Å². The number of hydrogen-bond acceptors (Lipinski definition) is 3. The van der Waals surface area contributed by atoms with Gasteiger partial charge >= 0.3 is 0 Å². The lowest BCUT2D eigenvalue weighted by atomic mass is 10.0. The van der Waals surface area contributed by atoms with Gasteiger partial charge in [0, 0.05) is 32.0 Å². The van der Waals surface area contributed by atoms with Crippen molar-refractivity contribution in [3.63, 3.8) is 0 Å². The van der Waals surface area contributed by atoms with Crippen molar-refractivity contribution in [1.82, 2.24) is 9.88 Å². The standard InChI is InChI=1S/C14H21NO.C8H11N/c1-12(2)14-5-3-13(4-6-14)11-15-7-9-16-10-8-15;1-7(2)8-3-5-9-6-4-8/h3-6,12H,7-11H2,1-2H3;3-7H,1-2H3. The monoisotopic (exact) mass is 340 g/mol. The number of ether oxygens (including phenoxy) is 1. The maximum Gasteiger partial charge on any atom is 0.0594 e. The Bertz CT molecular complexity index is 587. The summed E-state index contributed by atoms with van der Waals surface area (Å²) >= 11 is 0. The van der Waals surface area contributed by atoms with Crippen LogP contribution in [0.15, 0.2) is 48.8 Å². The molecular weight excluding hydrogens is 308 g/mol. The average molecular weight is 341 g/mol. The molecule has 0 aliphatic carbocycles. The molecule has 0 bridgehead atoms. The minimum atomic E-state index is 0.619. The van der Waals surface area contributed by atoms with Crippen LogP contribution in [0.4, 0.5) is 0 Å². The van der Waals surface area contributed by atoms with E-state index in [0.717, 1.165) is 32.8 Å². The van der Waals surface area contributed by atoms with E-state index in [0.29, 0.717) is 11.8 Å². The van der Waals surface area contributed by atoms with Crippen LogP contribution in [0.5, 0.6) is 0 Å². The number of hydrogen-bond donors (Lipinski definition) is 0. The van der Waals surface area contributed by atoms with E-state index in [-0.39, 0.29) is 0 Å². The number of nitrogens with zero attached hydrogens (tertiary/aromatic N) is 2. The van der Waals surface area contributed by atoms with Gasteiger partial charge in [-0.05, 0) is 40.7 Å². The van der Waals surface area contributed by atoms with Gasteiger partial charge in [0.15, 0.2) is 0 Å². The Kier molecular flexibility index (Phi) is 8.10. The van der Waals surface area contributed by atoms with E-state index in [4.69, 9.17) is 4.74 Å². The Balaban J connectivity index is 0.000000212. The van der Waals surface area contributed by atoms with E-state index >= 15 is 0 Å². The molecule has 1 aromatic heterocycles. The summed E-state index contributed by atoms with van der Waals surface area (Å²) < 4.78 is 5.35. The minimum Gasteiger partial charge on any atom is -0.379 e. The maximum atomic E-state index is 5.35. The largest absolute Gasteiger partial charge is 0.379 e. The Hall–Kier alpha value is -1.71. The smallest absolute Gasteiger partial charge is 0.0594 e. The van der Waals surface area contributed by atoms with Crippen LogP contribution >= 0.6 is 0 Å². The van der Waals surface area contributed by atoms with E-state index in [2.05, 4.69) is 61.8 Å². The van der Waals surface area contributed by atoms with Crippen molar-refractivity contribution in [2.24, 2.45) is 0 Å². The number of aromatic nitrogens is 1. The fourth-order valence-electron chi connectivity index (χ4n) is 2.77. The van der Waals surface area contributed by atoms with Crippen molar-refractivity contribution in [2.45, 2.75) is 46.1 Å². The number of rotatable bonds is 4. The molecule has 0 N–H and O–H groups in total. The van der Waals surface area contributed by atoms with Crippen LogP contribution in [0.2, 0.25) is 0 Å². The highest BCUT2D eigenvalue weighted by atomic mass is 16.5. The lowest BCUT2D eigenvalue weighted by molar-refractivity contribution is 0.0342. The molecule has 2 aromatic rings. The second-order valence-corrected chi connectivity index (χ2v) is 7.22. The van der Waals surface area contributed by atoms with Gasteiger partial charge in [-0.2, -0.15) is 0 Å². The molecule has 3 rings (SSSR count). The van der Waals surface area contributed by atoms with Crippen LogP contribution in [0.1, 0.15) is 56.2 Å². The fourth-order valence-corrected chi connectivity index (χ4v) is 2.77. The first-order valence-electron chi connectivity index (χ1n) is 9.35. The lowest BCUT2D eigenvalue weighted by Gasteiger charge is -2.26. The molecule has 1 fully saturated rings. The van der Waals surface area contributed by atoms with Crippen molar-refractivity contribution in [3.8, 4) is 0 Å². The molecule has 1 aliphatic rings. The molecule has 0 spiro atoms. The molecule has 0 radical (unpaired) electrons. The van der Waals surface area contributed by atoms with Crippen molar-refractivity contribution in [1.29, 1.82) is 0 Å². The zero-order valence-electron chi connectivity index (χ0n) is 16.1. The third kappa shape index (κ3) is 6.97. The van der Waals surface area contributed by atoms with Crippen molar-refractivity contribution in [2.75, 3.05) is 26.3 Å². The van der Waals surface area contributed by atoms with Gasteiger partial charge in [0.1, 0.15) is 0 Å². The molecule has 1 saturated heterocycles. The van der Waals surface area contributed by atoms with Gasteiger partial charge < -0.3 is 4.74 Å². The molecule has 1 aromatic carbocycles. The Labute approximate surface area is 153 Å². The minimum absolute atomic E-state index is 0.619. The van der Waals surface area contributed by atoms with Gasteiger partial charge in [0.25, 0.3) is 0 Å². The Morgan fingerprint density at radius 1 is 0.840 bits per heavy atom. The van der Waals surface area contributed by atoms with E-state index in [9.17, 15) is 0 Å². The van der Waals surface area contributed by atoms with E-state index < -0.39 is 0 Å². The summed E-state index contributed by atoms with van der Waals surface area (Å²) in [6.45, 7) is 13.8. The molecule has 0 atom stereocenters. The fraction of sp³-hybridized carbons (Fsp3) is 0.500. The zero-order chi connectivity index (χ0) is 18.1. The van der Waals surface area contributed by atoms with Crippen molar-refractivity contribution in [3.05, 3.63) is 65.5 Å². The third-order valence-electron chi connectivity index (χ3n) is 4.53. The van der Waals surface area contributed by atoms with Gasteiger partial charge in [-0.1, -0.05) is 52.0 Å². The molecule has 3 heteroatoms. The molecule has 2 heterocycles. The molecule has 0 saturated carbocycles. The van der Waals surface area contributed by atoms with E-state index in [1.807, 2.05) is 24.5 Å². The van der Waals surface area contributed by atoms with Crippen LogP contribution in [-0.4, -0.2) is 36.2 Å². The second-order valence-electron chi connectivity index (χ2n) is 7.22.